The summed E-state index contributed by atoms with van der Waals surface area (Å²) in [6.07, 6.45) is 3.46. The minimum atomic E-state index is -0.104. The van der Waals surface area contributed by atoms with E-state index in [0.29, 0.717) is 0 Å². The fourth-order valence-electron chi connectivity index (χ4n) is 2.16. The topological polar surface area (TPSA) is 74.6 Å². The third kappa shape index (κ3) is 2.76. The molecule has 1 N–H and O–H groups in total. The number of imidazole rings is 1. The Labute approximate surface area is 132 Å². The summed E-state index contributed by atoms with van der Waals surface area (Å²) >= 11 is 1.50. The molecule has 0 aliphatic carbocycles. The lowest BCUT2D eigenvalue weighted by molar-refractivity contribution is 0.415. The molecule has 1 atom stereocenters. The minimum Gasteiger partial charge on any atom is -0.496 e. The second-order valence-corrected chi connectivity index (χ2v) is 6.14. The van der Waals surface area contributed by atoms with E-state index in [1.807, 2.05) is 31.2 Å². The van der Waals surface area contributed by atoms with E-state index in [1.54, 1.807) is 19.5 Å². The number of ether oxygens (including phenoxy) is 1. The number of aromatic amines is 1. The summed E-state index contributed by atoms with van der Waals surface area (Å²) in [4.78, 5) is 12.9. The fourth-order valence-corrected chi connectivity index (χ4v) is 2.94. The number of hydrogen-bond acceptors (Lipinski definition) is 5. The first-order valence-electron chi connectivity index (χ1n) is 6.75. The van der Waals surface area contributed by atoms with Crippen molar-refractivity contribution in [1.29, 1.82) is 5.26 Å². The number of nitrogens with one attached hydrogen (secondary N) is 1. The van der Waals surface area contributed by atoms with E-state index in [-0.39, 0.29) is 5.25 Å². The fraction of sp³-hybridized carbons (Fsp3) is 0.188. The van der Waals surface area contributed by atoms with Crippen LogP contribution in [0.1, 0.15) is 6.92 Å². The highest BCUT2D eigenvalue weighted by atomic mass is 32.2. The first kappa shape index (κ1) is 14.4. The first-order valence-corrected chi connectivity index (χ1v) is 7.63. The van der Waals surface area contributed by atoms with Gasteiger partial charge in [-0.2, -0.15) is 5.26 Å². The number of pyridine rings is 1. The van der Waals surface area contributed by atoms with Crippen molar-refractivity contribution in [3.05, 3.63) is 36.7 Å². The van der Waals surface area contributed by atoms with Gasteiger partial charge in [-0.05, 0) is 31.2 Å². The number of rotatable bonds is 4. The molecule has 2 aromatic heterocycles. The van der Waals surface area contributed by atoms with E-state index < -0.39 is 0 Å². The van der Waals surface area contributed by atoms with Crippen molar-refractivity contribution in [2.45, 2.75) is 17.1 Å². The SMILES string of the molecule is COc1cc(SC(C)C#N)ccc1-c1nc2ccncc2[nH]1. The number of aromatic nitrogens is 3. The zero-order chi connectivity index (χ0) is 15.5. The van der Waals surface area contributed by atoms with Crippen molar-refractivity contribution in [3.8, 4) is 23.2 Å². The molecule has 22 heavy (non-hydrogen) atoms. The van der Waals surface area contributed by atoms with Gasteiger partial charge in [0.05, 0.1) is 41.2 Å². The van der Waals surface area contributed by atoms with Crippen molar-refractivity contribution >= 4 is 22.8 Å². The first-order chi connectivity index (χ1) is 10.7. The van der Waals surface area contributed by atoms with Gasteiger partial charge < -0.3 is 9.72 Å². The lowest BCUT2D eigenvalue weighted by Gasteiger charge is -2.09. The van der Waals surface area contributed by atoms with Crippen LogP contribution in [0.15, 0.2) is 41.6 Å². The van der Waals surface area contributed by atoms with Gasteiger partial charge in [-0.15, -0.1) is 11.8 Å². The molecule has 0 aliphatic rings. The van der Waals surface area contributed by atoms with Gasteiger partial charge in [0.1, 0.15) is 11.6 Å². The normalized spacial score (nSPS) is 12.0. The molecule has 3 rings (SSSR count). The van der Waals surface area contributed by atoms with E-state index in [1.165, 1.54) is 11.8 Å². The summed E-state index contributed by atoms with van der Waals surface area (Å²) in [5, 5.41) is 8.81. The van der Waals surface area contributed by atoms with Gasteiger partial charge in [0.25, 0.3) is 0 Å². The molecule has 0 saturated heterocycles. The zero-order valence-electron chi connectivity index (χ0n) is 12.2. The van der Waals surface area contributed by atoms with Gasteiger partial charge in [-0.25, -0.2) is 4.98 Å². The molecule has 1 aromatic carbocycles. The second-order valence-electron chi connectivity index (χ2n) is 4.73. The smallest absolute Gasteiger partial charge is 0.142 e. The molecule has 0 fully saturated rings. The van der Waals surface area contributed by atoms with Crippen LogP contribution in [0.2, 0.25) is 0 Å². The Hall–Kier alpha value is -2.52. The van der Waals surface area contributed by atoms with Crippen LogP contribution >= 0.6 is 11.8 Å². The van der Waals surface area contributed by atoms with E-state index >= 15 is 0 Å². The van der Waals surface area contributed by atoms with Gasteiger partial charge in [-0.1, -0.05) is 0 Å². The van der Waals surface area contributed by atoms with Gasteiger partial charge in [0.15, 0.2) is 0 Å². The average molecular weight is 310 g/mol. The number of hydrogen-bond donors (Lipinski definition) is 1. The molecule has 0 saturated carbocycles. The number of fused-ring (bicyclic) bond motifs is 1. The van der Waals surface area contributed by atoms with Crippen LogP contribution in [0.5, 0.6) is 5.75 Å². The third-order valence-corrected chi connectivity index (χ3v) is 4.19. The molecule has 1 unspecified atom stereocenters. The molecular formula is C16H14N4OS. The summed E-state index contributed by atoms with van der Waals surface area (Å²) in [5.41, 5.74) is 2.63. The highest BCUT2D eigenvalue weighted by molar-refractivity contribution is 8.00. The van der Waals surface area contributed by atoms with Crippen molar-refractivity contribution in [1.82, 2.24) is 15.0 Å². The van der Waals surface area contributed by atoms with Crippen LogP contribution in [0.25, 0.3) is 22.4 Å². The average Bonchev–Trinajstić information content (AvgIpc) is 2.98. The zero-order valence-corrected chi connectivity index (χ0v) is 13.0. The Morgan fingerprint density at radius 2 is 2.23 bits per heavy atom. The van der Waals surface area contributed by atoms with Gasteiger partial charge in [-0.3, -0.25) is 4.98 Å². The highest BCUT2D eigenvalue weighted by Gasteiger charge is 2.12. The summed E-state index contributed by atoms with van der Waals surface area (Å²) < 4.78 is 5.48. The number of thioether (sulfide) groups is 1. The second kappa shape index (κ2) is 6.08. The predicted molar refractivity (Wildman–Crippen MR) is 86.8 cm³/mol. The van der Waals surface area contributed by atoms with E-state index in [4.69, 9.17) is 10.00 Å². The largest absolute Gasteiger partial charge is 0.496 e. The van der Waals surface area contributed by atoms with Crippen molar-refractivity contribution in [2.75, 3.05) is 7.11 Å². The standard InChI is InChI=1S/C16H14N4OS/c1-10(8-17)22-11-3-4-12(15(7-11)21-2)16-19-13-5-6-18-9-14(13)20-16/h3-7,9-10H,1-2H3,(H,19,20). The summed E-state index contributed by atoms with van der Waals surface area (Å²) in [6, 6.07) is 9.93. The van der Waals surface area contributed by atoms with Crippen LogP contribution in [-0.4, -0.2) is 27.3 Å². The van der Waals surface area contributed by atoms with E-state index in [0.717, 1.165) is 33.1 Å². The van der Waals surface area contributed by atoms with E-state index in [9.17, 15) is 0 Å². The Morgan fingerprint density at radius 3 is 2.95 bits per heavy atom. The molecule has 0 amide bonds. The number of benzene rings is 1. The molecule has 2 heterocycles. The summed E-state index contributed by atoms with van der Waals surface area (Å²) in [6.45, 7) is 1.87. The van der Waals surface area contributed by atoms with Crippen molar-refractivity contribution < 1.29 is 4.74 Å². The van der Waals surface area contributed by atoms with Gasteiger partial charge >= 0.3 is 0 Å². The molecule has 6 heteroatoms. The lowest BCUT2D eigenvalue weighted by atomic mass is 10.2. The van der Waals surface area contributed by atoms with Crippen LogP contribution in [0.3, 0.4) is 0 Å². The van der Waals surface area contributed by atoms with Gasteiger partial charge in [0, 0.05) is 11.1 Å². The molecule has 0 spiro atoms. The van der Waals surface area contributed by atoms with Crippen LogP contribution in [-0.2, 0) is 0 Å². The maximum Gasteiger partial charge on any atom is 0.142 e. The summed E-state index contributed by atoms with van der Waals surface area (Å²) in [7, 11) is 1.63. The van der Waals surface area contributed by atoms with Crippen molar-refractivity contribution in [2.24, 2.45) is 0 Å². The Balaban J connectivity index is 2.01. The number of nitriles is 1. The number of methoxy groups -OCH3 is 1. The predicted octanol–water partition coefficient (Wildman–Crippen LogP) is 3.64. The minimum absolute atomic E-state index is 0.104. The Morgan fingerprint density at radius 1 is 1.36 bits per heavy atom. The Bertz CT molecular complexity index is 820. The third-order valence-electron chi connectivity index (χ3n) is 3.21. The molecular weight excluding hydrogens is 296 g/mol. The van der Waals surface area contributed by atoms with Crippen LogP contribution in [0.4, 0.5) is 0 Å². The number of H-pyrrole nitrogens is 1. The van der Waals surface area contributed by atoms with Gasteiger partial charge in [0.2, 0.25) is 0 Å². The molecule has 110 valence electrons. The van der Waals surface area contributed by atoms with E-state index in [2.05, 4.69) is 21.0 Å². The summed E-state index contributed by atoms with van der Waals surface area (Å²) in [5.74, 6) is 1.46. The maximum atomic E-state index is 8.91. The molecule has 3 aromatic rings. The molecule has 0 bridgehead atoms. The van der Waals surface area contributed by atoms with Crippen LogP contribution in [0, 0.1) is 11.3 Å². The Kier molecular flexibility index (Phi) is 3.98. The van der Waals surface area contributed by atoms with Crippen LogP contribution < -0.4 is 4.74 Å². The van der Waals surface area contributed by atoms with Crippen molar-refractivity contribution in [3.63, 3.8) is 0 Å². The molecule has 5 nitrogen and oxygen atoms in total. The monoisotopic (exact) mass is 310 g/mol. The molecule has 0 aliphatic heterocycles. The lowest BCUT2D eigenvalue weighted by Crippen LogP contribution is -1.93. The maximum absolute atomic E-state index is 8.91. The molecule has 0 radical (unpaired) electrons. The quantitative estimate of drug-likeness (QED) is 0.745. The highest BCUT2D eigenvalue weighted by Crippen LogP contribution is 2.34. The number of nitrogens with zero attached hydrogens (tertiary/aromatic N) is 3.